The van der Waals surface area contributed by atoms with Gasteiger partial charge in [0.05, 0.1) is 6.54 Å². The first-order chi connectivity index (χ1) is 20.3. The highest BCUT2D eigenvalue weighted by Gasteiger charge is 2.57. The minimum atomic E-state index is -0.351. The fraction of sp³-hybridized carbons (Fsp3) is 0.528. The Morgan fingerprint density at radius 3 is 2.57 bits per heavy atom. The van der Waals surface area contributed by atoms with E-state index in [-0.39, 0.29) is 47.9 Å². The highest BCUT2D eigenvalue weighted by molar-refractivity contribution is 5.83. The molecule has 7 atom stereocenters. The van der Waals surface area contributed by atoms with Crippen molar-refractivity contribution in [3.05, 3.63) is 83.7 Å². The van der Waals surface area contributed by atoms with Gasteiger partial charge in [-0.3, -0.25) is 14.6 Å². The summed E-state index contributed by atoms with van der Waals surface area (Å²) in [4.78, 5) is 29.4. The summed E-state index contributed by atoms with van der Waals surface area (Å²) in [5.74, 6) is 1.49. The second kappa shape index (κ2) is 11.8. The van der Waals surface area contributed by atoms with E-state index >= 15 is 0 Å². The third kappa shape index (κ3) is 5.46. The zero-order chi connectivity index (χ0) is 29.3. The van der Waals surface area contributed by atoms with Gasteiger partial charge in [-0.05, 0) is 96.8 Å². The maximum atomic E-state index is 12.7. The number of fused-ring (bicyclic) bond motifs is 5. The Labute approximate surface area is 250 Å². The first-order valence-corrected chi connectivity index (χ1v) is 15.8. The van der Waals surface area contributed by atoms with Gasteiger partial charge in [0.1, 0.15) is 12.6 Å². The molecule has 2 fully saturated rings. The zero-order valence-electron chi connectivity index (χ0n) is 25.3. The monoisotopic (exact) mass is 567 g/mol. The van der Waals surface area contributed by atoms with E-state index in [9.17, 15) is 9.59 Å². The Balaban J connectivity index is 1.01. The Kier molecular flexibility index (Phi) is 8.10. The average Bonchev–Trinajstić information content (AvgIpc) is 3.37. The average molecular weight is 568 g/mol. The van der Waals surface area contributed by atoms with Gasteiger partial charge in [-0.2, -0.15) is 0 Å². The maximum absolute atomic E-state index is 12.7. The van der Waals surface area contributed by atoms with Crippen LogP contribution < -0.4 is 10.6 Å². The van der Waals surface area contributed by atoms with Crippen molar-refractivity contribution in [2.45, 2.75) is 77.9 Å². The van der Waals surface area contributed by atoms with Crippen LogP contribution in [-0.4, -0.2) is 36.1 Å². The molecule has 222 valence electrons. The largest absolute Gasteiger partial charge is 0.461 e. The number of nitrogens with one attached hydrogen (secondary N) is 2. The summed E-state index contributed by atoms with van der Waals surface area (Å²) in [6.45, 7) is 7.05. The molecular formula is C36H45N3O3. The molecule has 0 spiro atoms. The highest BCUT2D eigenvalue weighted by Crippen LogP contribution is 2.66. The number of hydrogen-bond acceptors (Lipinski definition) is 5. The van der Waals surface area contributed by atoms with E-state index in [1.54, 1.807) is 0 Å². The molecule has 2 aromatic rings. The molecule has 6 heteroatoms. The minimum Gasteiger partial charge on any atom is -0.461 e. The zero-order valence-corrected chi connectivity index (χ0v) is 25.3. The van der Waals surface area contributed by atoms with Gasteiger partial charge in [0, 0.05) is 24.9 Å². The van der Waals surface area contributed by atoms with Crippen molar-refractivity contribution in [2.75, 3.05) is 13.1 Å². The molecule has 2 N–H and O–H groups in total. The number of nitrogens with zero attached hydrogens (tertiary/aromatic N) is 1. The molecule has 0 unspecified atom stereocenters. The summed E-state index contributed by atoms with van der Waals surface area (Å²) in [5, 5.41) is 5.93. The predicted molar refractivity (Wildman–Crippen MR) is 165 cm³/mol. The lowest BCUT2D eigenvalue weighted by atomic mass is 9.47. The lowest BCUT2D eigenvalue weighted by Crippen LogP contribution is -2.50. The lowest BCUT2D eigenvalue weighted by molar-refractivity contribution is -0.151. The van der Waals surface area contributed by atoms with Crippen LogP contribution in [0.3, 0.4) is 0 Å². The summed E-state index contributed by atoms with van der Waals surface area (Å²) in [7, 11) is 0. The van der Waals surface area contributed by atoms with Gasteiger partial charge in [0.15, 0.2) is 0 Å². The highest BCUT2D eigenvalue weighted by atomic mass is 16.5. The van der Waals surface area contributed by atoms with Gasteiger partial charge >= 0.3 is 5.97 Å². The van der Waals surface area contributed by atoms with E-state index in [2.05, 4.69) is 53.7 Å². The van der Waals surface area contributed by atoms with Crippen molar-refractivity contribution in [3.63, 3.8) is 0 Å². The van der Waals surface area contributed by atoms with E-state index in [1.165, 1.54) is 29.6 Å². The Morgan fingerprint density at radius 1 is 0.976 bits per heavy atom. The van der Waals surface area contributed by atoms with Gasteiger partial charge in [0.25, 0.3) is 0 Å². The minimum absolute atomic E-state index is 0.0508. The molecule has 1 aromatic heterocycles. The molecule has 0 aliphatic heterocycles. The van der Waals surface area contributed by atoms with Crippen molar-refractivity contribution in [3.8, 4) is 0 Å². The third-order valence-electron chi connectivity index (χ3n) is 11.2. The SMILES string of the molecule is C[C@H](NCC(=O)NCC(=O)O[C@H]1CC[C@@]2(C)C(=CC[C@@H]3[C@@H]2CC[C@]2(C)C(c4cccnc4)=CC[C@@H]32)C1)c1ccccc1. The van der Waals surface area contributed by atoms with Crippen LogP contribution in [0.15, 0.2) is 72.6 Å². The Bertz CT molecular complexity index is 1360. The molecule has 1 heterocycles. The summed E-state index contributed by atoms with van der Waals surface area (Å²) in [6, 6.07) is 14.3. The van der Waals surface area contributed by atoms with Gasteiger partial charge in [-0.15, -0.1) is 0 Å². The number of carbonyl (C=O) groups is 2. The summed E-state index contributed by atoms with van der Waals surface area (Å²) < 4.78 is 5.89. The number of pyridine rings is 1. The second-order valence-electron chi connectivity index (χ2n) is 13.5. The molecule has 4 aliphatic rings. The normalized spacial score (nSPS) is 32.4. The quantitative estimate of drug-likeness (QED) is 0.284. The van der Waals surface area contributed by atoms with E-state index in [0.29, 0.717) is 17.8 Å². The van der Waals surface area contributed by atoms with Crippen molar-refractivity contribution in [1.82, 2.24) is 15.6 Å². The molecule has 0 radical (unpaired) electrons. The Hall–Kier alpha value is -3.25. The van der Waals surface area contributed by atoms with Gasteiger partial charge in [-0.25, -0.2) is 0 Å². The molecule has 0 saturated heterocycles. The second-order valence-corrected chi connectivity index (χ2v) is 13.5. The van der Waals surface area contributed by atoms with Crippen LogP contribution >= 0.6 is 0 Å². The number of amides is 1. The van der Waals surface area contributed by atoms with E-state index in [1.807, 2.05) is 49.6 Å². The summed E-state index contributed by atoms with van der Waals surface area (Å²) >= 11 is 0. The molecule has 2 saturated carbocycles. The predicted octanol–water partition coefficient (Wildman–Crippen LogP) is 6.42. The van der Waals surface area contributed by atoms with E-state index in [0.717, 1.165) is 37.7 Å². The Morgan fingerprint density at radius 2 is 1.79 bits per heavy atom. The van der Waals surface area contributed by atoms with Crippen molar-refractivity contribution in [2.24, 2.45) is 28.6 Å². The molecule has 6 rings (SSSR count). The topological polar surface area (TPSA) is 80.3 Å². The van der Waals surface area contributed by atoms with Gasteiger partial charge < -0.3 is 15.4 Å². The molecule has 6 nitrogen and oxygen atoms in total. The number of rotatable bonds is 8. The van der Waals surface area contributed by atoms with Crippen molar-refractivity contribution < 1.29 is 14.3 Å². The number of aromatic nitrogens is 1. The number of ether oxygens (including phenoxy) is 1. The molecule has 42 heavy (non-hydrogen) atoms. The number of allylic oxidation sites excluding steroid dienone is 3. The first kappa shape index (κ1) is 28.9. The van der Waals surface area contributed by atoms with Crippen molar-refractivity contribution in [1.29, 1.82) is 0 Å². The molecular weight excluding hydrogens is 522 g/mol. The van der Waals surface area contributed by atoms with Crippen LogP contribution in [0.25, 0.3) is 5.57 Å². The van der Waals surface area contributed by atoms with E-state index in [4.69, 9.17) is 4.74 Å². The standard InChI is InChI=1S/C36H45N3O3/c1-24(25-8-5-4-6-9-25)38-22-33(40)39-23-34(41)42-28-15-17-35(2)27(20-28)11-12-29-31-14-13-30(26-10-7-19-37-21-26)36(31,3)18-16-32(29)35/h4-11,13,19,21,24,28-29,31-32,38H,12,14-18,20,22-23H2,1-3H3,(H,39,40)/t24-,28-,29-,31-,32-,35-,36+/m0/s1. The van der Waals surface area contributed by atoms with Crippen LogP contribution in [0, 0.1) is 28.6 Å². The first-order valence-electron chi connectivity index (χ1n) is 15.8. The van der Waals surface area contributed by atoms with Gasteiger partial charge in [-0.1, -0.05) is 68.0 Å². The van der Waals surface area contributed by atoms with Crippen LogP contribution in [0.1, 0.15) is 82.9 Å². The summed E-state index contributed by atoms with van der Waals surface area (Å²) in [6.07, 6.45) is 16.3. The third-order valence-corrected chi connectivity index (χ3v) is 11.2. The smallest absolute Gasteiger partial charge is 0.325 e. The van der Waals surface area contributed by atoms with Crippen LogP contribution in [0.5, 0.6) is 0 Å². The fourth-order valence-electron chi connectivity index (χ4n) is 8.83. The lowest BCUT2D eigenvalue weighted by Gasteiger charge is -2.57. The molecule has 0 bridgehead atoms. The summed E-state index contributed by atoms with van der Waals surface area (Å²) in [5.41, 5.74) is 5.79. The maximum Gasteiger partial charge on any atom is 0.325 e. The van der Waals surface area contributed by atoms with Crippen LogP contribution in [-0.2, 0) is 14.3 Å². The molecule has 4 aliphatic carbocycles. The van der Waals surface area contributed by atoms with Crippen molar-refractivity contribution >= 4 is 17.4 Å². The van der Waals surface area contributed by atoms with Gasteiger partial charge in [0.2, 0.25) is 5.91 Å². The number of benzene rings is 1. The molecule has 1 aromatic carbocycles. The van der Waals surface area contributed by atoms with E-state index < -0.39 is 0 Å². The fourth-order valence-corrected chi connectivity index (χ4v) is 8.83. The molecule has 1 amide bonds. The number of hydrogen-bond donors (Lipinski definition) is 2. The van der Waals surface area contributed by atoms with Crippen LogP contribution in [0.4, 0.5) is 0 Å². The van der Waals surface area contributed by atoms with Crippen LogP contribution in [0.2, 0.25) is 0 Å². The number of esters is 1. The number of carbonyl (C=O) groups excluding carboxylic acids is 2.